The summed E-state index contributed by atoms with van der Waals surface area (Å²) in [5, 5.41) is 44.0. The second-order valence-electron chi connectivity index (χ2n) is 19.5. The van der Waals surface area contributed by atoms with Crippen LogP contribution in [0.3, 0.4) is 0 Å². The molecule has 0 fully saturated rings. The summed E-state index contributed by atoms with van der Waals surface area (Å²) in [7, 11) is 0. The molecule has 0 spiro atoms. The molecule has 7 amide bonds. The maximum absolute atomic E-state index is 14.4. The fourth-order valence-corrected chi connectivity index (χ4v) is 7.29. The van der Waals surface area contributed by atoms with Gasteiger partial charge in [-0.3, -0.25) is 52.7 Å². The van der Waals surface area contributed by atoms with Crippen LogP contribution in [0.4, 0.5) is 13.2 Å². The number of hydrogen-bond donors (Lipinski definition) is 10. The van der Waals surface area contributed by atoms with E-state index in [1.807, 2.05) is 5.32 Å². The number of carbonyl (C=O) groups is 11. The molecular formula is C47H70F3N7O14. The van der Waals surface area contributed by atoms with Crippen molar-refractivity contribution in [1.82, 2.24) is 37.2 Å². The third-order valence-electron chi connectivity index (χ3n) is 11.0. The Balaban J connectivity index is 3.66. The molecule has 0 heterocycles. The van der Waals surface area contributed by atoms with Gasteiger partial charge in [-0.15, -0.1) is 0 Å². The van der Waals surface area contributed by atoms with Gasteiger partial charge in [0.2, 0.25) is 41.2 Å². The van der Waals surface area contributed by atoms with Gasteiger partial charge < -0.3 is 52.5 Å². The zero-order chi connectivity index (χ0) is 54.7. The summed E-state index contributed by atoms with van der Waals surface area (Å²) in [5.74, 6) is -14.9. The minimum atomic E-state index is -5.03. The first-order valence-electron chi connectivity index (χ1n) is 23.1. The summed E-state index contributed by atoms with van der Waals surface area (Å²) < 4.78 is 41.5. The normalized spacial score (nSPS) is 14.3. The second kappa shape index (κ2) is 28.3. The van der Waals surface area contributed by atoms with Gasteiger partial charge >= 0.3 is 24.1 Å². The monoisotopic (exact) mass is 1010 g/mol. The highest BCUT2D eigenvalue weighted by Gasteiger charge is 2.42. The van der Waals surface area contributed by atoms with Gasteiger partial charge in [0.25, 0.3) is 5.91 Å². The molecule has 0 saturated heterocycles. The molecule has 1 aromatic rings. The number of carboxylic acids is 3. The molecule has 24 heteroatoms. The van der Waals surface area contributed by atoms with Crippen LogP contribution in [0, 0.1) is 30.1 Å². The number of alkyl halides is 3. The minimum Gasteiger partial charge on any atom is -0.481 e. The van der Waals surface area contributed by atoms with E-state index in [0.29, 0.717) is 11.1 Å². The topological polar surface area (TPSA) is 333 Å². The first-order valence-corrected chi connectivity index (χ1v) is 23.1. The van der Waals surface area contributed by atoms with Crippen LogP contribution in [0.5, 0.6) is 0 Å². The molecule has 0 saturated carbocycles. The molecule has 0 aliphatic rings. The molecule has 1 aromatic carbocycles. The molecule has 0 aliphatic carbocycles. The molecule has 0 bridgehead atoms. The molecule has 6 atom stereocenters. The fourth-order valence-electron chi connectivity index (χ4n) is 7.29. The Morgan fingerprint density at radius 1 is 0.563 bits per heavy atom. The van der Waals surface area contributed by atoms with E-state index in [0.717, 1.165) is 0 Å². The van der Waals surface area contributed by atoms with Crippen LogP contribution >= 0.6 is 0 Å². The van der Waals surface area contributed by atoms with Gasteiger partial charge in [0, 0.05) is 25.3 Å². The summed E-state index contributed by atoms with van der Waals surface area (Å²) in [6.45, 7) is 16.5. The Bertz CT molecular complexity index is 2080. The van der Waals surface area contributed by atoms with Crippen molar-refractivity contribution in [1.29, 1.82) is 0 Å². The van der Waals surface area contributed by atoms with Crippen molar-refractivity contribution in [2.75, 3.05) is 0 Å². The first-order chi connectivity index (χ1) is 32.6. The van der Waals surface area contributed by atoms with Crippen molar-refractivity contribution in [3.05, 3.63) is 35.4 Å². The lowest BCUT2D eigenvalue weighted by molar-refractivity contribution is -0.154. The van der Waals surface area contributed by atoms with Gasteiger partial charge in [0.1, 0.15) is 36.3 Å². The number of Topliss-reactive ketones (excluding diaryl/α,β-unsaturated/α-hetero) is 1. The number of ketones is 1. The Morgan fingerprint density at radius 3 is 1.55 bits per heavy atom. The number of halogens is 3. The number of carbonyl (C=O) groups excluding carboxylic acids is 8. The second-order valence-corrected chi connectivity index (χ2v) is 19.5. The molecule has 0 radical (unpaired) electrons. The molecule has 10 N–H and O–H groups in total. The van der Waals surface area contributed by atoms with Crippen molar-refractivity contribution in [2.24, 2.45) is 23.2 Å². The predicted octanol–water partition coefficient (Wildman–Crippen LogP) is 2.06. The van der Waals surface area contributed by atoms with Gasteiger partial charge in [-0.25, -0.2) is 0 Å². The standard InChI is InChI=1S/C47H70F3N7O14/c1-23(2)19-29(41(67)55-32(22-47(48,49)50)38(65)44(70)56-37(24(3)4)25(5)6)54-45(71)39(46(8,9)10)57-43(69)30(20-27-14-12-11-13-26(27)7)53-40(66)28(15-17-34(59)60)52-42(68)31(21-36(63)64)51-33(58)16-18-35(61)62/h11-14,23-25,28-32,37,39H,15-22H2,1-10H3,(H,51,58)(H,52,68)(H,53,66)(H,54,71)(H,55,67)(H,56,70)(H,57,69)(H,59,60)(H,61,62)(H,63,64)/t28-,29-,30-,31-,32?,39+/m0/s1. The average molecular weight is 1010 g/mol. The average Bonchev–Trinajstić information content (AvgIpc) is 3.22. The van der Waals surface area contributed by atoms with E-state index in [4.69, 9.17) is 5.11 Å². The molecule has 71 heavy (non-hydrogen) atoms. The van der Waals surface area contributed by atoms with Gasteiger partial charge in [-0.05, 0) is 54.1 Å². The lowest BCUT2D eigenvalue weighted by atomic mass is 9.85. The predicted molar refractivity (Wildman–Crippen MR) is 249 cm³/mol. The molecule has 0 aliphatic heterocycles. The van der Waals surface area contributed by atoms with E-state index >= 15 is 0 Å². The Kier molecular flexibility index (Phi) is 24.9. The lowest BCUT2D eigenvalue weighted by Crippen LogP contribution is -2.62. The highest BCUT2D eigenvalue weighted by Crippen LogP contribution is 2.24. The maximum atomic E-state index is 14.4. The highest BCUT2D eigenvalue weighted by molar-refractivity contribution is 6.38. The molecule has 0 aromatic heterocycles. The van der Waals surface area contributed by atoms with Crippen LogP contribution in [0.1, 0.15) is 118 Å². The number of benzene rings is 1. The number of rotatable bonds is 29. The Hall–Kier alpha value is -6.62. The van der Waals surface area contributed by atoms with Crippen LogP contribution in [-0.4, -0.2) is 129 Å². The fraction of sp³-hybridized carbons (Fsp3) is 0.638. The van der Waals surface area contributed by atoms with Crippen LogP contribution in [-0.2, 0) is 59.2 Å². The van der Waals surface area contributed by atoms with Gasteiger partial charge in [-0.2, -0.15) is 13.2 Å². The number of hydrogen-bond acceptors (Lipinski definition) is 11. The number of aliphatic carboxylic acids is 3. The van der Waals surface area contributed by atoms with Crippen LogP contribution in [0.25, 0.3) is 0 Å². The summed E-state index contributed by atoms with van der Waals surface area (Å²) in [6, 6.07) is -4.82. The van der Waals surface area contributed by atoms with Crippen LogP contribution in [0.15, 0.2) is 24.3 Å². The number of carboxylic acid groups (broad SMARTS) is 3. The van der Waals surface area contributed by atoms with Crippen molar-refractivity contribution in [3.63, 3.8) is 0 Å². The third-order valence-corrected chi connectivity index (χ3v) is 11.0. The molecule has 21 nitrogen and oxygen atoms in total. The van der Waals surface area contributed by atoms with E-state index < -0.39 is 163 Å². The zero-order valence-electron chi connectivity index (χ0n) is 41.7. The summed E-state index contributed by atoms with van der Waals surface area (Å²) >= 11 is 0. The molecular weight excluding hydrogens is 944 g/mol. The van der Waals surface area contributed by atoms with E-state index in [1.165, 1.54) is 20.8 Å². The largest absolute Gasteiger partial charge is 0.481 e. The zero-order valence-corrected chi connectivity index (χ0v) is 41.7. The molecule has 1 rings (SSSR count). The minimum absolute atomic E-state index is 0.195. The first kappa shape index (κ1) is 62.4. The number of nitrogens with one attached hydrogen (secondary N) is 7. The van der Waals surface area contributed by atoms with Gasteiger partial charge in [0.05, 0.1) is 19.3 Å². The van der Waals surface area contributed by atoms with Crippen molar-refractivity contribution in [3.8, 4) is 0 Å². The highest BCUT2D eigenvalue weighted by atomic mass is 19.4. The Morgan fingerprint density at radius 2 is 1.06 bits per heavy atom. The van der Waals surface area contributed by atoms with Crippen molar-refractivity contribution < 1.29 is 81.2 Å². The van der Waals surface area contributed by atoms with E-state index in [-0.39, 0.29) is 24.7 Å². The van der Waals surface area contributed by atoms with Gasteiger partial charge in [0.15, 0.2) is 0 Å². The smallest absolute Gasteiger partial charge is 0.391 e. The van der Waals surface area contributed by atoms with Gasteiger partial charge in [-0.1, -0.05) is 86.6 Å². The molecule has 398 valence electrons. The Labute approximate surface area is 410 Å². The van der Waals surface area contributed by atoms with Crippen molar-refractivity contribution >= 4 is 65.0 Å². The van der Waals surface area contributed by atoms with E-state index in [1.54, 1.807) is 72.7 Å². The lowest BCUT2D eigenvalue weighted by Gasteiger charge is -2.34. The van der Waals surface area contributed by atoms with Crippen molar-refractivity contribution in [2.45, 2.75) is 169 Å². The van der Waals surface area contributed by atoms with Crippen LogP contribution < -0.4 is 37.2 Å². The summed E-state index contributed by atoms with van der Waals surface area (Å²) in [6.07, 6.45) is -11.1. The number of aryl methyl sites for hydroxylation is 1. The third kappa shape index (κ3) is 23.2. The van der Waals surface area contributed by atoms with Crippen LogP contribution in [0.2, 0.25) is 0 Å². The SMILES string of the molecule is Cc1ccccc1C[C@H](NC(=O)[C@H](CCC(=O)O)NC(=O)[C@H](CC(=O)O)NC(=O)CCC(=O)O)C(=O)N[C@H](C(=O)N[C@@H](CC(C)C)C(=O)NC(CC(F)(F)F)C(=O)C(=O)NC(C(C)C)C(C)C)C(C)(C)C. The summed E-state index contributed by atoms with van der Waals surface area (Å²) in [4.78, 5) is 143. The number of amides is 7. The summed E-state index contributed by atoms with van der Waals surface area (Å²) in [5.41, 5.74) is -0.0776. The quantitative estimate of drug-likeness (QED) is 0.0514. The molecule has 1 unspecified atom stereocenters. The van der Waals surface area contributed by atoms with E-state index in [9.17, 15) is 76.1 Å². The van der Waals surface area contributed by atoms with E-state index in [2.05, 4.69) is 31.9 Å². The maximum Gasteiger partial charge on any atom is 0.391 e.